The molecule has 4 rings (SSSR count). The lowest BCUT2D eigenvalue weighted by molar-refractivity contribution is -0.186. The fourth-order valence-corrected chi connectivity index (χ4v) is 4.19. The van der Waals surface area contributed by atoms with Gasteiger partial charge in [-0.05, 0) is 32.8 Å². The van der Waals surface area contributed by atoms with E-state index in [1.165, 1.54) is 6.42 Å². The van der Waals surface area contributed by atoms with Crippen LogP contribution in [0, 0.1) is 0 Å². The van der Waals surface area contributed by atoms with Gasteiger partial charge in [0.2, 0.25) is 0 Å². The van der Waals surface area contributed by atoms with Gasteiger partial charge in [0.05, 0.1) is 6.61 Å². The van der Waals surface area contributed by atoms with Crippen LogP contribution in [0.1, 0.15) is 51.5 Å². The average Bonchev–Trinajstić information content (AvgIpc) is 3.18. The summed E-state index contributed by atoms with van der Waals surface area (Å²) in [7, 11) is 0. The minimum atomic E-state index is -0.404. The van der Waals surface area contributed by atoms with E-state index in [1.54, 1.807) is 0 Å². The molecule has 1 atom stereocenters. The van der Waals surface area contributed by atoms with Crippen molar-refractivity contribution in [3.63, 3.8) is 0 Å². The smallest absolute Gasteiger partial charge is 0.258 e. The first-order valence-corrected chi connectivity index (χ1v) is 9.97. The monoisotopic (exact) mass is 375 g/mol. The van der Waals surface area contributed by atoms with Gasteiger partial charge in [-0.1, -0.05) is 18.6 Å². The molecule has 27 heavy (non-hydrogen) atoms. The van der Waals surface area contributed by atoms with Gasteiger partial charge in [-0.15, -0.1) is 0 Å². The molecule has 1 saturated carbocycles. The van der Waals surface area contributed by atoms with Gasteiger partial charge < -0.3 is 24.3 Å². The van der Waals surface area contributed by atoms with Crippen molar-refractivity contribution in [2.75, 3.05) is 19.8 Å². The zero-order valence-corrected chi connectivity index (χ0v) is 16.2. The third-order valence-corrected chi connectivity index (χ3v) is 5.47. The summed E-state index contributed by atoms with van der Waals surface area (Å²) in [4.78, 5) is 12.2. The SMILES string of the molecule is CC1(C)Cc2cccc(OCC(=O)NC[C@@H]3COC4(CCCCC4)O3)c2O1. The van der Waals surface area contributed by atoms with E-state index in [1.807, 2.05) is 32.0 Å². The lowest BCUT2D eigenvalue weighted by Gasteiger charge is -2.31. The zero-order chi connectivity index (χ0) is 18.9. The molecule has 1 N–H and O–H groups in total. The molecule has 6 heteroatoms. The summed E-state index contributed by atoms with van der Waals surface area (Å²) in [5, 5.41) is 2.89. The summed E-state index contributed by atoms with van der Waals surface area (Å²) >= 11 is 0. The van der Waals surface area contributed by atoms with E-state index in [0.717, 1.165) is 43.4 Å². The number of carbonyl (C=O) groups is 1. The van der Waals surface area contributed by atoms with Crippen LogP contribution < -0.4 is 14.8 Å². The fourth-order valence-electron chi connectivity index (χ4n) is 4.19. The number of fused-ring (bicyclic) bond motifs is 1. The molecule has 2 heterocycles. The topological polar surface area (TPSA) is 66.0 Å². The van der Waals surface area contributed by atoms with Crippen LogP contribution in [0.3, 0.4) is 0 Å². The van der Waals surface area contributed by atoms with Crippen molar-refractivity contribution in [1.29, 1.82) is 0 Å². The molecule has 1 spiro atoms. The normalized spacial score (nSPS) is 25.0. The van der Waals surface area contributed by atoms with Crippen molar-refractivity contribution in [3.05, 3.63) is 23.8 Å². The fraction of sp³-hybridized carbons (Fsp3) is 0.667. The van der Waals surface area contributed by atoms with Gasteiger partial charge in [-0.25, -0.2) is 0 Å². The van der Waals surface area contributed by atoms with Crippen molar-refractivity contribution in [2.45, 2.75) is 69.9 Å². The molecular weight excluding hydrogens is 346 g/mol. The number of hydrogen-bond donors (Lipinski definition) is 1. The highest BCUT2D eigenvalue weighted by Crippen LogP contribution is 2.41. The molecule has 148 valence electrons. The number of nitrogens with one attached hydrogen (secondary N) is 1. The zero-order valence-electron chi connectivity index (χ0n) is 16.2. The second-order valence-electron chi connectivity index (χ2n) is 8.40. The summed E-state index contributed by atoms with van der Waals surface area (Å²) in [5.74, 6) is 0.800. The minimum absolute atomic E-state index is 0.0427. The predicted molar refractivity (Wildman–Crippen MR) is 100.0 cm³/mol. The molecule has 2 fully saturated rings. The van der Waals surface area contributed by atoms with Crippen LogP contribution in [0.5, 0.6) is 11.5 Å². The summed E-state index contributed by atoms with van der Waals surface area (Å²) in [6, 6.07) is 5.81. The Bertz CT molecular complexity index is 696. The largest absolute Gasteiger partial charge is 0.483 e. The molecule has 3 aliphatic rings. The lowest BCUT2D eigenvalue weighted by atomic mass is 9.94. The molecular formula is C21H29NO5. The van der Waals surface area contributed by atoms with Gasteiger partial charge in [-0.3, -0.25) is 4.79 Å². The Balaban J connectivity index is 1.24. The Hall–Kier alpha value is -1.79. The molecule has 1 aromatic rings. The second-order valence-corrected chi connectivity index (χ2v) is 8.40. The van der Waals surface area contributed by atoms with Gasteiger partial charge in [0, 0.05) is 31.4 Å². The molecule has 1 saturated heterocycles. The maximum atomic E-state index is 12.2. The van der Waals surface area contributed by atoms with Crippen LogP contribution in [0.15, 0.2) is 18.2 Å². The van der Waals surface area contributed by atoms with Crippen LogP contribution in [0.25, 0.3) is 0 Å². The first-order valence-electron chi connectivity index (χ1n) is 9.97. The molecule has 2 aliphatic heterocycles. The van der Waals surface area contributed by atoms with Gasteiger partial charge in [-0.2, -0.15) is 0 Å². The van der Waals surface area contributed by atoms with Gasteiger partial charge in [0.15, 0.2) is 23.9 Å². The van der Waals surface area contributed by atoms with Crippen LogP contribution >= 0.6 is 0 Å². The second kappa shape index (κ2) is 7.32. The third-order valence-electron chi connectivity index (χ3n) is 5.47. The van der Waals surface area contributed by atoms with Gasteiger partial charge in [0.25, 0.3) is 5.91 Å². The predicted octanol–water partition coefficient (Wildman–Crippen LogP) is 2.97. The van der Waals surface area contributed by atoms with E-state index < -0.39 is 5.79 Å². The van der Waals surface area contributed by atoms with E-state index in [9.17, 15) is 4.79 Å². The van der Waals surface area contributed by atoms with Crippen molar-refractivity contribution >= 4 is 5.91 Å². The number of hydrogen-bond acceptors (Lipinski definition) is 5. The summed E-state index contributed by atoms with van der Waals surface area (Å²) in [6.07, 6.45) is 6.20. The molecule has 6 nitrogen and oxygen atoms in total. The molecule has 1 aromatic carbocycles. The average molecular weight is 375 g/mol. The quantitative estimate of drug-likeness (QED) is 0.857. The van der Waals surface area contributed by atoms with E-state index in [-0.39, 0.29) is 24.2 Å². The highest BCUT2D eigenvalue weighted by molar-refractivity contribution is 5.77. The van der Waals surface area contributed by atoms with Crippen molar-refractivity contribution in [2.24, 2.45) is 0 Å². The Labute approximate surface area is 160 Å². The number of carbonyl (C=O) groups excluding carboxylic acids is 1. The van der Waals surface area contributed by atoms with E-state index in [4.69, 9.17) is 18.9 Å². The Kier molecular flexibility index (Phi) is 5.03. The van der Waals surface area contributed by atoms with E-state index in [2.05, 4.69) is 5.32 Å². The Morgan fingerprint density at radius 1 is 1.26 bits per heavy atom. The van der Waals surface area contributed by atoms with Crippen LogP contribution in [0.4, 0.5) is 0 Å². The summed E-state index contributed by atoms with van der Waals surface area (Å²) < 4.78 is 23.7. The first-order chi connectivity index (χ1) is 12.9. The highest BCUT2D eigenvalue weighted by Gasteiger charge is 2.42. The molecule has 0 radical (unpaired) electrons. The van der Waals surface area contributed by atoms with Crippen molar-refractivity contribution in [3.8, 4) is 11.5 Å². The number of benzene rings is 1. The first kappa shape index (κ1) is 18.6. The Morgan fingerprint density at radius 3 is 2.89 bits per heavy atom. The molecule has 0 bridgehead atoms. The van der Waals surface area contributed by atoms with Crippen LogP contribution in [0.2, 0.25) is 0 Å². The minimum Gasteiger partial charge on any atom is -0.483 e. The number of ether oxygens (including phenoxy) is 4. The maximum absolute atomic E-state index is 12.2. The number of rotatable bonds is 5. The standard InChI is InChI=1S/C21H29NO5/c1-20(2)11-15-7-6-8-17(19(15)27-20)24-14-18(23)22-12-16-13-25-21(26-16)9-4-3-5-10-21/h6-8,16H,3-5,9-14H2,1-2H3,(H,22,23)/t16-/m1/s1. The Morgan fingerprint density at radius 2 is 2.07 bits per heavy atom. The highest BCUT2D eigenvalue weighted by atomic mass is 16.7. The summed E-state index contributed by atoms with van der Waals surface area (Å²) in [5.41, 5.74) is 0.881. The van der Waals surface area contributed by atoms with E-state index >= 15 is 0 Å². The summed E-state index contributed by atoms with van der Waals surface area (Å²) in [6.45, 7) is 5.04. The van der Waals surface area contributed by atoms with Crippen molar-refractivity contribution < 1.29 is 23.7 Å². The van der Waals surface area contributed by atoms with Gasteiger partial charge >= 0.3 is 0 Å². The van der Waals surface area contributed by atoms with Crippen molar-refractivity contribution in [1.82, 2.24) is 5.32 Å². The van der Waals surface area contributed by atoms with E-state index in [0.29, 0.717) is 18.9 Å². The number of para-hydroxylation sites is 1. The molecule has 0 aromatic heterocycles. The van der Waals surface area contributed by atoms with Crippen LogP contribution in [-0.4, -0.2) is 43.2 Å². The maximum Gasteiger partial charge on any atom is 0.258 e. The molecule has 1 amide bonds. The third kappa shape index (κ3) is 4.22. The molecule has 0 unspecified atom stereocenters. The number of amides is 1. The molecule has 1 aliphatic carbocycles. The van der Waals surface area contributed by atoms with Crippen LogP contribution in [-0.2, 0) is 20.7 Å². The lowest BCUT2D eigenvalue weighted by Crippen LogP contribution is -2.38. The van der Waals surface area contributed by atoms with Gasteiger partial charge in [0.1, 0.15) is 11.7 Å².